The zero-order valence-corrected chi connectivity index (χ0v) is 15.4. The summed E-state index contributed by atoms with van der Waals surface area (Å²) in [5.41, 5.74) is 3.13. The van der Waals surface area contributed by atoms with E-state index in [0.29, 0.717) is 22.0 Å². The van der Waals surface area contributed by atoms with Crippen molar-refractivity contribution in [3.05, 3.63) is 63.4 Å². The monoisotopic (exact) mass is 372 g/mol. The minimum Gasteiger partial charge on any atom is -0.495 e. The fourth-order valence-electron chi connectivity index (χ4n) is 2.35. The molecule has 6 heteroatoms. The number of aryl methyl sites for hydroxylation is 1. The molecule has 0 saturated heterocycles. The highest BCUT2D eigenvalue weighted by Gasteiger charge is 2.09. The number of rotatable bonds is 5. The van der Waals surface area contributed by atoms with Crippen molar-refractivity contribution in [2.75, 3.05) is 12.4 Å². The zero-order valence-electron chi connectivity index (χ0n) is 13.9. The first-order valence-electron chi connectivity index (χ1n) is 7.80. The fraction of sp³-hybridized carbons (Fsp3) is 0.158. The van der Waals surface area contributed by atoms with Crippen LogP contribution in [0.5, 0.6) is 5.75 Å². The van der Waals surface area contributed by atoms with Crippen LogP contribution >= 0.6 is 22.9 Å². The molecule has 25 heavy (non-hydrogen) atoms. The second-order valence-corrected chi connectivity index (χ2v) is 6.71. The largest absolute Gasteiger partial charge is 0.495 e. The zero-order chi connectivity index (χ0) is 17.8. The number of carbonyl (C=O) groups excluding carboxylic acids is 1. The summed E-state index contributed by atoms with van der Waals surface area (Å²) < 4.78 is 5.10. The van der Waals surface area contributed by atoms with E-state index < -0.39 is 0 Å². The molecule has 0 fully saturated rings. The van der Waals surface area contributed by atoms with E-state index in [2.05, 4.69) is 17.2 Å². The summed E-state index contributed by atoms with van der Waals surface area (Å²) in [6.07, 6.45) is 0.926. The fourth-order valence-corrected chi connectivity index (χ4v) is 3.36. The Morgan fingerprint density at radius 2 is 2.00 bits per heavy atom. The van der Waals surface area contributed by atoms with Crippen LogP contribution in [-0.4, -0.2) is 18.0 Å². The number of anilines is 1. The van der Waals surface area contributed by atoms with Gasteiger partial charge in [0.05, 0.1) is 22.8 Å². The third kappa shape index (κ3) is 4.00. The molecule has 0 saturated carbocycles. The van der Waals surface area contributed by atoms with E-state index in [1.807, 2.05) is 17.5 Å². The molecule has 0 aliphatic heterocycles. The van der Waals surface area contributed by atoms with Gasteiger partial charge in [-0.2, -0.15) is 0 Å². The van der Waals surface area contributed by atoms with Crippen LogP contribution in [0.15, 0.2) is 47.8 Å². The van der Waals surface area contributed by atoms with E-state index in [-0.39, 0.29) is 5.91 Å². The van der Waals surface area contributed by atoms with Crippen molar-refractivity contribution in [3.63, 3.8) is 0 Å². The Hall–Kier alpha value is -2.37. The molecule has 0 aliphatic carbocycles. The summed E-state index contributed by atoms with van der Waals surface area (Å²) >= 11 is 7.73. The lowest BCUT2D eigenvalue weighted by atomic mass is 10.1. The lowest BCUT2D eigenvalue weighted by Gasteiger charge is -2.08. The Balaban J connectivity index is 1.73. The average Bonchev–Trinajstić information content (AvgIpc) is 3.11. The van der Waals surface area contributed by atoms with Gasteiger partial charge in [-0.15, -0.1) is 11.3 Å². The molecule has 0 radical (unpaired) electrons. The molecule has 0 spiro atoms. The molecular weight excluding hydrogens is 356 g/mol. The molecule has 0 aliphatic rings. The van der Waals surface area contributed by atoms with Crippen LogP contribution in [0.2, 0.25) is 5.02 Å². The van der Waals surface area contributed by atoms with Crippen LogP contribution in [0.3, 0.4) is 0 Å². The maximum absolute atomic E-state index is 12.4. The van der Waals surface area contributed by atoms with Gasteiger partial charge in [0.15, 0.2) is 0 Å². The normalized spacial score (nSPS) is 10.5. The van der Waals surface area contributed by atoms with Crippen LogP contribution in [0.1, 0.15) is 22.3 Å². The summed E-state index contributed by atoms with van der Waals surface area (Å²) in [6, 6.07) is 12.5. The third-order valence-electron chi connectivity index (χ3n) is 3.71. The molecule has 3 aromatic rings. The first-order chi connectivity index (χ1) is 12.1. The van der Waals surface area contributed by atoms with Gasteiger partial charge in [0, 0.05) is 22.2 Å². The Bertz CT molecular complexity index is 891. The maximum Gasteiger partial charge on any atom is 0.255 e. The molecule has 1 N–H and O–H groups in total. The van der Waals surface area contributed by atoms with Crippen LogP contribution < -0.4 is 10.1 Å². The van der Waals surface area contributed by atoms with E-state index in [9.17, 15) is 4.79 Å². The number of thiazole rings is 1. The van der Waals surface area contributed by atoms with Crippen LogP contribution in [0.4, 0.5) is 5.69 Å². The quantitative estimate of drug-likeness (QED) is 0.662. The minimum absolute atomic E-state index is 0.194. The summed E-state index contributed by atoms with van der Waals surface area (Å²) in [5.74, 6) is 0.374. The molecule has 128 valence electrons. The Kier molecular flexibility index (Phi) is 5.36. The van der Waals surface area contributed by atoms with Crippen LogP contribution in [-0.2, 0) is 6.42 Å². The topological polar surface area (TPSA) is 51.2 Å². The van der Waals surface area contributed by atoms with Gasteiger partial charge >= 0.3 is 0 Å². The van der Waals surface area contributed by atoms with Gasteiger partial charge in [0.2, 0.25) is 0 Å². The summed E-state index contributed by atoms with van der Waals surface area (Å²) in [4.78, 5) is 16.9. The third-order valence-corrected chi connectivity index (χ3v) is 5.00. The maximum atomic E-state index is 12.4. The van der Waals surface area contributed by atoms with Crippen molar-refractivity contribution in [1.29, 1.82) is 0 Å². The molecule has 0 bridgehead atoms. The first kappa shape index (κ1) is 17.5. The second-order valence-electron chi connectivity index (χ2n) is 5.36. The molecule has 1 aromatic heterocycles. The van der Waals surface area contributed by atoms with Crippen molar-refractivity contribution in [3.8, 4) is 17.0 Å². The number of nitrogens with one attached hydrogen (secondary N) is 1. The predicted octanol–water partition coefficient (Wildman–Crippen LogP) is 5.29. The van der Waals surface area contributed by atoms with Gasteiger partial charge in [-0.1, -0.05) is 30.7 Å². The van der Waals surface area contributed by atoms with E-state index in [4.69, 9.17) is 16.3 Å². The van der Waals surface area contributed by atoms with E-state index in [1.165, 1.54) is 0 Å². The number of carbonyl (C=O) groups is 1. The number of methoxy groups -OCH3 is 1. The number of benzene rings is 2. The second kappa shape index (κ2) is 7.68. The Morgan fingerprint density at radius 1 is 1.24 bits per heavy atom. The van der Waals surface area contributed by atoms with Crippen molar-refractivity contribution >= 4 is 34.5 Å². The molecule has 0 unspecified atom stereocenters. The first-order valence-corrected chi connectivity index (χ1v) is 9.06. The van der Waals surface area contributed by atoms with Gasteiger partial charge in [0.1, 0.15) is 5.75 Å². The Morgan fingerprint density at radius 3 is 2.60 bits per heavy atom. The van der Waals surface area contributed by atoms with E-state index >= 15 is 0 Å². The van der Waals surface area contributed by atoms with Gasteiger partial charge in [-0.05, 0) is 36.8 Å². The number of halogens is 1. The lowest BCUT2D eigenvalue weighted by Crippen LogP contribution is -2.11. The number of aromatic nitrogens is 1. The van der Waals surface area contributed by atoms with E-state index in [0.717, 1.165) is 22.7 Å². The van der Waals surface area contributed by atoms with Crippen molar-refractivity contribution in [1.82, 2.24) is 4.98 Å². The van der Waals surface area contributed by atoms with Gasteiger partial charge in [-0.3, -0.25) is 4.79 Å². The lowest BCUT2D eigenvalue weighted by molar-refractivity contribution is 0.102. The van der Waals surface area contributed by atoms with Crippen LogP contribution in [0, 0.1) is 0 Å². The van der Waals surface area contributed by atoms with Crippen molar-refractivity contribution in [2.24, 2.45) is 0 Å². The SMILES string of the molecule is CCc1nc(-c2ccc(C(=O)Nc3ccc(OC)c(Cl)c3)cc2)cs1. The molecule has 2 aromatic carbocycles. The van der Waals surface area contributed by atoms with E-state index in [1.54, 1.807) is 48.8 Å². The summed E-state index contributed by atoms with van der Waals surface area (Å²) in [6.45, 7) is 2.08. The minimum atomic E-state index is -0.194. The van der Waals surface area contributed by atoms with Crippen LogP contribution in [0.25, 0.3) is 11.3 Å². The number of nitrogens with zero attached hydrogens (tertiary/aromatic N) is 1. The summed E-state index contributed by atoms with van der Waals surface area (Å²) in [7, 11) is 1.55. The summed E-state index contributed by atoms with van der Waals surface area (Å²) in [5, 5.41) is 6.42. The smallest absolute Gasteiger partial charge is 0.255 e. The average molecular weight is 373 g/mol. The molecule has 4 nitrogen and oxygen atoms in total. The van der Waals surface area contributed by atoms with Crippen molar-refractivity contribution in [2.45, 2.75) is 13.3 Å². The van der Waals surface area contributed by atoms with Crippen molar-refractivity contribution < 1.29 is 9.53 Å². The van der Waals surface area contributed by atoms with Gasteiger partial charge < -0.3 is 10.1 Å². The molecular formula is C19H17ClN2O2S. The number of hydrogen-bond acceptors (Lipinski definition) is 4. The molecule has 3 rings (SSSR count). The number of amides is 1. The van der Waals surface area contributed by atoms with Gasteiger partial charge in [-0.25, -0.2) is 4.98 Å². The highest BCUT2D eigenvalue weighted by atomic mass is 35.5. The highest BCUT2D eigenvalue weighted by Crippen LogP contribution is 2.27. The molecule has 1 heterocycles. The highest BCUT2D eigenvalue weighted by molar-refractivity contribution is 7.09. The predicted molar refractivity (Wildman–Crippen MR) is 103 cm³/mol. The standard InChI is InChI=1S/C19H17ClN2O2S/c1-3-18-22-16(11-25-18)12-4-6-13(7-5-12)19(23)21-14-8-9-17(24-2)15(20)10-14/h4-11H,3H2,1-2H3,(H,21,23). The Labute approximate surface area is 155 Å². The number of ether oxygens (including phenoxy) is 1. The number of hydrogen-bond donors (Lipinski definition) is 1. The molecule has 1 amide bonds. The molecule has 0 atom stereocenters. The van der Waals surface area contributed by atoms with Gasteiger partial charge in [0.25, 0.3) is 5.91 Å².